The third-order valence-electron chi connectivity index (χ3n) is 5.15. The number of aromatic carboxylic acids is 1. The van der Waals surface area contributed by atoms with Crippen LogP contribution in [-0.2, 0) is 6.42 Å². The first kappa shape index (κ1) is 18.0. The molecule has 0 spiro atoms. The molecule has 0 unspecified atom stereocenters. The fourth-order valence-corrected chi connectivity index (χ4v) is 3.93. The molecule has 0 atom stereocenters. The molecule has 0 amide bonds. The Morgan fingerprint density at radius 1 is 1.07 bits per heavy atom. The molecule has 4 rings (SSSR count). The van der Waals surface area contributed by atoms with Gasteiger partial charge in [-0.2, -0.15) is 0 Å². The number of pyridine rings is 1. The second kappa shape index (κ2) is 7.35. The predicted molar refractivity (Wildman–Crippen MR) is 109 cm³/mol. The van der Waals surface area contributed by atoms with Gasteiger partial charge in [0.1, 0.15) is 0 Å². The van der Waals surface area contributed by atoms with E-state index < -0.39 is 5.97 Å². The van der Waals surface area contributed by atoms with Crippen LogP contribution in [0.5, 0.6) is 11.5 Å². The average Bonchev–Trinajstić information content (AvgIpc) is 2.71. The number of carboxylic acids is 1. The van der Waals surface area contributed by atoms with Crippen molar-refractivity contribution in [2.75, 3.05) is 14.2 Å². The Kier molecular flexibility index (Phi) is 4.74. The SMILES string of the molecule is COc1cccc(/C=C2\CCCc3c2nc2ccccc2c3C(=O)O)c1OC. The molecular weight excluding hydrogens is 354 g/mol. The van der Waals surface area contributed by atoms with E-state index in [-0.39, 0.29) is 0 Å². The molecule has 28 heavy (non-hydrogen) atoms. The van der Waals surface area contributed by atoms with Gasteiger partial charge in [0.25, 0.3) is 0 Å². The lowest BCUT2D eigenvalue weighted by Crippen LogP contribution is -2.13. The summed E-state index contributed by atoms with van der Waals surface area (Å²) in [7, 11) is 3.22. The summed E-state index contributed by atoms with van der Waals surface area (Å²) in [6.07, 6.45) is 4.46. The van der Waals surface area contributed by atoms with Gasteiger partial charge < -0.3 is 14.6 Å². The Morgan fingerprint density at radius 2 is 1.89 bits per heavy atom. The van der Waals surface area contributed by atoms with Crippen molar-refractivity contribution < 1.29 is 19.4 Å². The van der Waals surface area contributed by atoms with E-state index in [1.54, 1.807) is 14.2 Å². The molecule has 142 valence electrons. The normalized spacial score (nSPS) is 14.7. The van der Waals surface area contributed by atoms with Crippen molar-refractivity contribution in [1.29, 1.82) is 0 Å². The molecule has 0 radical (unpaired) electrons. The molecule has 1 N–H and O–H groups in total. The van der Waals surface area contributed by atoms with Crippen LogP contribution < -0.4 is 9.47 Å². The molecule has 1 aliphatic rings. The molecular formula is C23H21NO4. The van der Waals surface area contributed by atoms with Gasteiger partial charge in [-0.25, -0.2) is 9.78 Å². The summed E-state index contributed by atoms with van der Waals surface area (Å²) in [4.78, 5) is 16.9. The number of allylic oxidation sites excluding steroid dienone is 1. The van der Waals surface area contributed by atoms with Gasteiger partial charge in [-0.3, -0.25) is 0 Å². The van der Waals surface area contributed by atoms with Gasteiger partial charge in [0.15, 0.2) is 11.5 Å². The predicted octanol–water partition coefficient (Wildman–Crippen LogP) is 4.83. The third kappa shape index (κ3) is 2.99. The van der Waals surface area contributed by atoms with Gasteiger partial charge in [-0.05, 0) is 48.6 Å². The Hall–Kier alpha value is -3.34. The largest absolute Gasteiger partial charge is 0.493 e. The molecule has 0 saturated heterocycles. The summed E-state index contributed by atoms with van der Waals surface area (Å²) in [6.45, 7) is 0. The monoisotopic (exact) mass is 375 g/mol. The standard InChI is InChI=1S/C23H21NO4/c1-27-19-12-6-8-15(22(19)28-2)13-14-7-5-10-17-20(23(25)26)16-9-3-4-11-18(16)24-21(14)17/h3-4,6,8-9,11-13H,5,7,10H2,1-2H3,(H,25,26)/b14-13+. The molecule has 5 heteroatoms. The molecule has 1 aromatic heterocycles. The van der Waals surface area contributed by atoms with Crippen LogP contribution in [0.1, 0.15) is 40.0 Å². The zero-order valence-electron chi connectivity index (χ0n) is 15.9. The molecule has 2 aromatic carbocycles. The van der Waals surface area contributed by atoms with E-state index in [4.69, 9.17) is 14.5 Å². The number of fused-ring (bicyclic) bond motifs is 2. The highest BCUT2D eigenvalue weighted by molar-refractivity contribution is 6.06. The lowest BCUT2D eigenvalue weighted by Gasteiger charge is -2.22. The third-order valence-corrected chi connectivity index (χ3v) is 5.15. The smallest absolute Gasteiger partial charge is 0.336 e. The van der Waals surface area contributed by atoms with Crippen LogP contribution in [0.4, 0.5) is 0 Å². The molecule has 0 bridgehead atoms. The second-order valence-corrected chi connectivity index (χ2v) is 6.74. The van der Waals surface area contributed by atoms with Gasteiger partial charge in [0, 0.05) is 10.9 Å². The van der Waals surface area contributed by atoms with Crippen molar-refractivity contribution in [1.82, 2.24) is 4.98 Å². The number of carboxylic acid groups (broad SMARTS) is 1. The zero-order chi connectivity index (χ0) is 19.7. The number of hydrogen-bond acceptors (Lipinski definition) is 4. The molecule has 0 aliphatic heterocycles. The second-order valence-electron chi connectivity index (χ2n) is 6.74. The minimum Gasteiger partial charge on any atom is -0.493 e. The van der Waals surface area contributed by atoms with Crippen LogP contribution in [0.15, 0.2) is 42.5 Å². The van der Waals surface area contributed by atoms with Crippen molar-refractivity contribution in [3.05, 3.63) is 64.8 Å². The van der Waals surface area contributed by atoms with Gasteiger partial charge >= 0.3 is 5.97 Å². The topological polar surface area (TPSA) is 68.7 Å². The minimum absolute atomic E-state index is 0.365. The van der Waals surface area contributed by atoms with Gasteiger partial charge in [-0.1, -0.05) is 30.3 Å². The van der Waals surface area contributed by atoms with Gasteiger partial charge in [0.05, 0.1) is 31.0 Å². The van der Waals surface area contributed by atoms with Gasteiger partial charge in [-0.15, -0.1) is 0 Å². The summed E-state index contributed by atoms with van der Waals surface area (Å²) in [6, 6.07) is 13.1. The first-order valence-corrected chi connectivity index (χ1v) is 9.21. The number of benzene rings is 2. The van der Waals surface area contributed by atoms with Crippen molar-refractivity contribution in [3.63, 3.8) is 0 Å². The van der Waals surface area contributed by atoms with E-state index in [1.165, 1.54) is 0 Å². The molecule has 3 aromatic rings. The van der Waals surface area contributed by atoms with E-state index in [2.05, 4.69) is 0 Å². The van der Waals surface area contributed by atoms with E-state index in [9.17, 15) is 9.90 Å². The maximum Gasteiger partial charge on any atom is 0.336 e. The number of ether oxygens (including phenoxy) is 2. The van der Waals surface area contributed by atoms with Crippen molar-refractivity contribution >= 4 is 28.5 Å². The number of carbonyl (C=O) groups is 1. The number of hydrogen-bond donors (Lipinski definition) is 1. The molecule has 1 aliphatic carbocycles. The van der Waals surface area contributed by atoms with Crippen LogP contribution >= 0.6 is 0 Å². The van der Waals surface area contributed by atoms with Crippen LogP contribution in [0.3, 0.4) is 0 Å². The van der Waals surface area contributed by atoms with Gasteiger partial charge in [0.2, 0.25) is 0 Å². The van der Waals surface area contributed by atoms with E-state index >= 15 is 0 Å². The number of rotatable bonds is 4. The summed E-state index contributed by atoms with van der Waals surface area (Å²) in [5.74, 6) is 0.407. The van der Waals surface area contributed by atoms with Crippen LogP contribution in [0.25, 0.3) is 22.6 Å². The molecule has 5 nitrogen and oxygen atoms in total. The highest BCUT2D eigenvalue weighted by atomic mass is 16.5. The maximum absolute atomic E-state index is 12.1. The first-order valence-electron chi connectivity index (χ1n) is 9.21. The quantitative estimate of drug-likeness (QED) is 0.707. The molecule has 0 fully saturated rings. The molecule has 0 saturated carbocycles. The van der Waals surface area contributed by atoms with Crippen LogP contribution in [-0.4, -0.2) is 30.3 Å². The lowest BCUT2D eigenvalue weighted by molar-refractivity contribution is 0.0697. The van der Waals surface area contributed by atoms with Crippen molar-refractivity contribution in [2.45, 2.75) is 19.3 Å². The average molecular weight is 375 g/mol. The number of nitrogens with zero attached hydrogens (tertiary/aromatic N) is 1. The Morgan fingerprint density at radius 3 is 2.64 bits per heavy atom. The Labute approximate surface area is 163 Å². The summed E-state index contributed by atoms with van der Waals surface area (Å²) in [5.41, 5.74) is 4.54. The van der Waals surface area contributed by atoms with Crippen LogP contribution in [0, 0.1) is 0 Å². The van der Waals surface area contributed by atoms with Crippen LogP contribution in [0.2, 0.25) is 0 Å². The number of para-hydroxylation sites is 2. The number of aromatic nitrogens is 1. The summed E-state index contributed by atoms with van der Waals surface area (Å²) >= 11 is 0. The van der Waals surface area contributed by atoms with E-state index in [1.807, 2.05) is 48.5 Å². The van der Waals surface area contributed by atoms with E-state index in [0.29, 0.717) is 34.4 Å². The summed E-state index contributed by atoms with van der Waals surface area (Å²) in [5, 5.41) is 10.6. The molecule has 1 heterocycles. The van der Waals surface area contributed by atoms with Crippen molar-refractivity contribution in [2.24, 2.45) is 0 Å². The maximum atomic E-state index is 12.1. The highest BCUT2D eigenvalue weighted by Gasteiger charge is 2.25. The zero-order valence-corrected chi connectivity index (χ0v) is 15.9. The van der Waals surface area contributed by atoms with Crippen molar-refractivity contribution in [3.8, 4) is 11.5 Å². The lowest BCUT2D eigenvalue weighted by atomic mass is 9.86. The Bertz CT molecular complexity index is 1100. The minimum atomic E-state index is -0.907. The fraction of sp³-hybridized carbons (Fsp3) is 0.217. The fourth-order valence-electron chi connectivity index (χ4n) is 3.93. The Balaban J connectivity index is 1.95. The highest BCUT2D eigenvalue weighted by Crippen LogP contribution is 2.39. The van der Waals surface area contributed by atoms with E-state index in [0.717, 1.165) is 35.2 Å². The summed E-state index contributed by atoms with van der Waals surface area (Å²) < 4.78 is 10.9. The first-order chi connectivity index (χ1) is 13.6. The number of methoxy groups -OCH3 is 2.